The molecular weight excluding hydrogens is 628 g/mol. The molecule has 4 aromatic carbocycles. The van der Waals surface area contributed by atoms with Crippen molar-refractivity contribution in [3.8, 4) is 22.6 Å². The van der Waals surface area contributed by atoms with Crippen LogP contribution in [0.2, 0.25) is 0 Å². The molecule has 10 heteroatoms. The van der Waals surface area contributed by atoms with Crippen LogP contribution < -0.4 is 5.32 Å². The summed E-state index contributed by atoms with van der Waals surface area (Å²) in [6.45, 7) is 2.74. The number of thioether (sulfide) groups is 1. The molecular formula is C38H36N2O7S. The molecule has 2 N–H and O–H groups in total. The van der Waals surface area contributed by atoms with E-state index in [9.17, 15) is 14.7 Å². The fourth-order valence-corrected chi connectivity index (χ4v) is 6.24. The highest BCUT2D eigenvalue weighted by molar-refractivity contribution is 7.99. The van der Waals surface area contributed by atoms with E-state index >= 15 is 0 Å². The Kier molecular flexibility index (Phi) is 10.7. The molecule has 2 heterocycles. The van der Waals surface area contributed by atoms with Crippen LogP contribution in [0.15, 0.2) is 119 Å². The van der Waals surface area contributed by atoms with Crippen molar-refractivity contribution in [2.75, 3.05) is 11.1 Å². The summed E-state index contributed by atoms with van der Waals surface area (Å²) in [6, 6.07) is 34.9. The van der Waals surface area contributed by atoms with E-state index in [-0.39, 0.29) is 18.8 Å². The number of carbonyl (C=O) groups is 2. The first-order valence-electron chi connectivity index (χ1n) is 15.7. The molecule has 1 amide bonds. The van der Waals surface area contributed by atoms with Gasteiger partial charge in [-0.25, -0.2) is 4.98 Å². The zero-order chi connectivity index (χ0) is 33.5. The zero-order valence-electron chi connectivity index (χ0n) is 26.6. The summed E-state index contributed by atoms with van der Waals surface area (Å²) in [5.41, 5.74) is 5.84. The highest BCUT2D eigenvalue weighted by Gasteiger charge is 2.33. The van der Waals surface area contributed by atoms with E-state index in [1.807, 2.05) is 97.1 Å². The van der Waals surface area contributed by atoms with Crippen LogP contribution in [-0.4, -0.2) is 39.9 Å². The van der Waals surface area contributed by atoms with Crippen LogP contribution in [-0.2, 0) is 30.4 Å². The second-order valence-corrected chi connectivity index (χ2v) is 12.4. The number of hydrogen-bond donors (Lipinski definition) is 2. The number of oxazole rings is 1. The first-order valence-corrected chi connectivity index (χ1v) is 16.7. The van der Waals surface area contributed by atoms with Crippen LogP contribution in [0.25, 0.3) is 22.6 Å². The minimum Gasteiger partial charge on any atom is -0.453 e. The summed E-state index contributed by atoms with van der Waals surface area (Å²) in [5, 5.41) is 12.9. The van der Waals surface area contributed by atoms with Crippen molar-refractivity contribution in [1.82, 2.24) is 4.98 Å². The number of anilines is 1. The number of amides is 1. The van der Waals surface area contributed by atoms with Gasteiger partial charge in [0.25, 0.3) is 11.1 Å². The van der Waals surface area contributed by atoms with Gasteiger partial charge in [-0.15, -0.1) is 0 Å². The Balaban J connectivity index is 1.21. The van der Waals surface area contributed by atoms with Gasteiger partial charge >= 0.3 is 5.97 Å². The van der Waals surface area contributed by atoms with Gasteiger partial charge in [-0.3, -0.25) is 9.59 Å². The molecule has 0 saturated carbocycles. The molecule has 4 unspecified atom stereocenters. The summed E-state index contributed by atoms with van der Waals surface area (Å²) in [5.74, 6) is 0.329. The van der Waals surface area contributed by atoms with E-state index in [0.29, 0.717) is 28.8 Å². The van der Waals surface area contributed by atoms with E-state index in [4.69, 9.17) is 23.6 Å². The second kappa shape index (κ2) is 15.4. The normalized spacial score (nSPS) is 18.2. The first kappa shape index (κ1) is 33.2. The number of carbonyl (C=O) groups excluding carboxylic acids is 2. The van der Waals surface area contributed by atoms with E-state index in [0.717, 1.165) is 33.5 Å². The SMILES string of the molecule is CC(=O)OC(C)C(=O)Nc1ccc(C2OC(CSc3nc(-c4ccccc4)c(-c4ccccc4)o3)CC(c3ccc(CO)cc3)O2)cc1. The number of esters is 1. The monoisotopic (exact) mass is 664 g/mol. The van der Waals surface area contributed by atoms with Gasteiger partial charge in [0.05, 0.1) is 18.8 Å². The molecule has 1 fully saturated rings. The van der Waals surface area contributed by atoms with Crippen LogP contribution in [0.3, 0.4) is 0 Å². The lowest BCUT2D eigenvalue weighted by atomic mass is 10.0. The average molecular weight is 665 g/mol. The summed E-state index contributed by atoms with van der Waals surface area (Å²) in [7, 11) is 0. The number of aliphatic hydroxyl groups is 1. The molecule has 0 bridgehead atoms. The number of benzene rings is 4. The highest BCUT2D eigenvalue weighted by atomic mass is 32.2. The maximum atomic E-state index is 12.4. The molecule has 1 aliphatic rings. The predicted molar refractivity (Wildman–Crippen MR) is 183 cm³/mol. The second-order valence-electron chi connectivity index (χ2n) is 11.4. The Hall–Kier alpha value is -4.74. The first-order chi connectivity index (χ1) is 23.4. The van der Waals surface area contributed by atoms with Gasteiger partial charge in [-0.2, -0.15) is 0 Å². The van der Waals surface area contributed by atoms with Crippen molar-refractivity contribution in [2.24, 2.45) is 0 Å². The number of nitrogens with zero attached hydrogens (tertiary/aromatic N) is 1. The summed E-state index contributed by atoms with van der Waals surface area (Å²) in [4.78, 5) is 28.6. The topological polar surface area (TPSA) is 120 Å². The fraction of sp³-hybridized carbons (Fsp3) is 0.237. The van der Waals surface area contributed by atoms with Crippen molar-refractivity contribution in [3.05, 3.63) is 126 Å². The molecule has 0 spiro atoms. The third-order valence-electron chi connectivity index (χ3n) is 7.86. The third-order valence-corrected chi connectivity index (χ3v) is 8.82. The molecule has 0 radical (unpaired) electrons. The number of nitrogens with one attached hydrogen (secondary N) is 1. The standard InChI is InChI=1S/C38H36N2O7S/c1-24(44-25(2)42)36(43)39-31-19-17-30(18-20-31)37-45-32(21-33(46-37)27-15-13-26(22-41)14-16-27)23-48-38-40-34(28-9-5-3-6-10-28)35(47-38)29-11-7-4-8-12-29/h3-20,24,32-33,37,41H,21-23H2,1-2H3,(H,39,43). The third kappa shape index (κ3) is 8.21. The lowest BCUT2D eigenvalue weighted by Crippen LogP contribution is -2.31. The summed E-state index contributed by atoms with van der Waals surface area (Å²) >= 11 is 1.49. The van der Waals surface area contributed by atoms with Gasteiger partial charge < -0.3 is 29.1 Å². The Labute approximate surface area is 283 Å². The predicted octanol–water partition coefficient (Wildman–Crippen LogP) is 7.73. The quantitative estimate of drug-likeness (QED) is 0.108. The smallest absolute Gasteiger partial charge is 0.303 e. The molecule has 4 atom stereocenters. The molecule has 1 aromatic heterocycles. The van der Waals surface area contributed by atoms with Crippen molar-refractivity contribution in [2.45, 2.75) is 56.7 Å². The van der Waals surface area contributed by atoms with Gasteiger partial charge in [0.1, 0.15) is 5.69 Å². The Morgan fingerprint density at radius 1 is 0.896 bits per heavy atom. The molecule has 1 saturated heterocycles. The number of hydrogen-bond acceptors (Lipinski definition) is 9. The van der Waals surface area contributed by atoms with Crippen LogP contribution in [0.5, 0.6) is 0 Å². The van der Waals surface area contributed by atoms with Crippen LogP contribution >= 0.6 is 11.8 Å². The molecule has 48 heavy (non-hydrogen) atoms. The van der Waals surface area contributed by atoms with Gasteiger partial charge in [-0.1, -0.05) is 109 Å². The van der Waals surface area contributed by atoms with E-state index in [2.05, 4.69) is 5.32 Å². The van der Waals surface area contributed by atoms with Crippen molar-refractivity contribution < 1.29 is 33.3 Å². The van der Waals surface area contributed by atoms with Gasteiger partial charge in [-0.05, 0) is 30.2 Å². The highest BCUT2D eigenvalue weighted by Crippen LogP contribution is 2.41. The number of rotatable bonds is 11. The van der Waals surface area contributed by atoms with Crippen molar-refractivity contribution in [3.63, 3.8) is 0 Å². The minimum atomic E-state index is -0.917. The lowest BCUT2D eigenvalue weighted by molar-refractivity contribution is -0.245. The molecule has 0 aliphatic carbocycles. The van der Waals surface area contributed by atoms with E-state index in [1.54, 1.807) is 12.1 Å². The maximum absolute atomic E-state index is 12.4. The van der Waals surface area contributed by atoms with Crippen LogP contribution in [0.4, 0.5) is 5.69 Å². The lowest BCUT2D eigenvalue weighted by Gasteiger charge is -2.36. The van der Waals surface area contributed by atoms with Crippen molar-refractivity contribution in [1.29, 1.82) is 0 Å². The van der Waals surface area contributed by atoms with Crippen molar-refractivity contribution >= 4 is 29.3 Å². The molecule has 246 valence electrons. The molecule has 9 nitrogen and oxygen atoms in total. The summed E-state index contributed by atoms with van der Waals surface area (Å²) < 4.78 is 24.3. The van der Waals surface area contributed by atoms with Crippen LogP contribution in [0.1, 0.15) is 49.4 Å². The molecule has 5 aromatic rings. The van der Waals surface area contributed by atoms with Gasteiger partial charge in [0.15, 0.2) is 18.2 Å². The fourth-order valence-electron chi connectivity index (χ4n) is 5.40. The molecule has 1 aliphatic heterocycles. The van der Waals surface area contributed by atoms with Crippen LogP contribution in [0, 0.1) is 0 Å². The Morgan fingerprint density at radius 3 is 2.19 bits per heavy atom. The van der Waals surface area contributed by atoms with Gasteiger partial charge in [0.2, 0.25) is 0 Å². The Bertz CT molecular complexity index is 1760. The number of aromatic nitrogens is 1. The van der Waals surface area contributed by atoms with E-state index < -0.39 is 24.3 Å². The Morgan fingerprint density at radius 2 is 1.54 bits per heavy atom. The minimum absolute atomic E-state index is 0.0363. The average Bonchev–Trinajstić information content (AvgIpc) is 3.56. The zero-order valence-corrected chi connectivity index (χ0v) is 27.4. The largest absolute Gasteiger partial charge is 0.453 e. The number of aliphatic hydroxyl groups excluding tert-OH is 1. The maximum Gasteiger partial charge on any atom is 0.303 e. The van der Waals surface area contributed by atoms with Gasteiger partial charge in [0, 0.05) is 41.5 Å². The number of ether oxygens (including phenoxy) is 3. The van der Waals surface area contributed by atoms with E-state index in [1.165, 1.54) is 25.6 Å². The summed E-state index contributed by atoms with van der Waals surface area (Å²) in [6.07, 6.45) is -1.48. The molecule has 6 rings (SSSR count).